The Kier molecular flexibility index (Phi) is 12.4. The highest BCUT2D eigenvalue weighted by Gasteiger charge is 2.14. The van der Waals surface area contributed by atoms with Crippen LogP contribution in [0.15, 0.2) is 12.4 Å². The molecule has 0 bridgehead atoms. The minimum absolute atomic E-state index is 0.243. The predicted molar refractivity (Wildman–Crippen MR) is 106 cm³/mol. The highest BCUT2D eigenvalue weighted by molar-refractivity contribution is 5.49. The van der Waals surface area contributed by atoms with E-state index in [-0.39, 0.29) is 6.10 Å². The first-order valence-corrected chi connectivity index (χ1v) is 10.1. The first kappa shape index (κ1) is 23.3. The van der Waals surface area contributed by atoms with Gasteiger partial charge in [0.05, 0.1) is 0 Å². The molecule has 3 rings (SSSR count). The molecule has 0 amide bonds. The Morgan fingerprint density at radius 1 is 1.30 bits per heavy atom. The topological polar surface area (TPSA) is 90.5 Å². The highest BCUT2D eigenvalue weighted by Crippen LogP contribution is 2.19. The summed E-state index contributed by atoms with van der Waals surface area (Å²) >= 11 is 0. The first-order valence-electron chi connectivity index (χ1n) is 10.1. The van der Waals surface area contributed by atoms with E-state index in [0.717, 1.165) is 50.9 Å². The molecule has 0 radical (unpaired) electrons. The largest absolute Gasteiger partial charge is 0.465 e. The molecule has 2 heterocycles. The Labute approximate surface area is 163 Å². The monoisotopic (exact) mass is 380 g/mol. The van der Waals surface area contributed by atoms with Gasteiger partial charge in [0.25, 0.3) is 6.47 Å². The van der Waals surface area contributed by atoms with Crippen LogP contribution in [0, 0.1) is 0 Å². The number of nitrogens with two attached hydrogens (primary N) is 1. The van der Waals surface area contributed by atoms with Crippen molar-refractivity contribution in [2.24, 2.45) is 5.73 Å². The van der Waals surface area contributed by atoms with Crippen LogP contribution in [0.5, 0.6) is 0 Å². The average molecular weight is 381 g/mol. The molecular weight excluding hydrogens is 344 g/mol. The fourth-order valence-electron chi connectivity index (χ4n) is 3.27. The van der Waals surface area contributed by atoms with Crippen LogP contribution < -0.4 is 5.73 Å². The fraction of sp³-hybridized carbons (Fsp3) is 0.750. The van der Waals surface area contributed by atoms with E-state index >= 15 is 0 Å². The summed E-state index contributed by atoms with van der Waals surface area (Å²) in [6.07, 6.45) is 13.1. The maximum atomic E-state index is 10.1. The molecule has 7 heteroatoms. The van der Waals surface area contributed by atoms with E-state index in [1.54, 1.807) is 6.20 Å². The lowest BCUT2D eigenvalue weighted by Gasteiger charge is -2.03. The third-order valence-electron chi connectivity index (χ3n) is 4.73. The quantitative estimate of drug-likeness (QED) is 0.729. The number of hydrogen-bond acceptors (Lipinski definition) is 6. The van der Waals surface area contributed by atoms with Crippen LogP contribution in [0.2, 0.25) is 0 Å². The van der Waals surface area contributed by atoms with Crippen molar-refractivity contribution in [3.63, 3.8) is 0 Å². The molecule has 1 aromatic rings. The lowest BCUT2D eigenvalue weighted by molar-refractivity contribution is -0.133. The number of likely N-dealkylation sites (tertiary alicyclic amines) is 1. The average Bonchev–Trinajstić information content (AvgIpc) is 3.39. The number of ether oxygens (including phenoxy) is 1. The number of nitrogens with zero attached hydrogens (tertiary/aromatic N) is 3. The van der Waals surface area contributed by atoms with Gasteiger partial charge in [0.2, 0.25) is 0 Å². The molecule has 0 aromatic carbocycles. The van der Waals surface area contributed by atoms with Crippen molar-refractivity contribution in [2.75, 3.05) is 20.1 Å². The molecule has 2 N–H and O–H groups in total. The van der Waals surface area contributed by atoms with Gasteiger partial charge in [-0.2, -0.15) is 0 Å². The molecule has 2 aliphatic rings. The second kappa shape index (κ2) is 14.3. The summed E-state index contributed by atoms with van der Waals surface area (Å²) in [5.41, 5.74) is 5.58. The molecule has 27 heavy (non-hydrogen) atoms. The number of aromatic nitrogens is 2. The van der Waals surface area contributed by atoms with Gasteiger partial charge in [0, 0.05) is 44.4 Å². The van der Waals surface area contributed by atoms with Gasteiger partial charge in [0.15, 0.2) is 0 Å². The molecule has 0 spiro atoms. The van der Waals surface area contributed by atoms with Crippen molar-refractivity contribution in [1.82, 2.24) is 14.5 Å². The van der Waals surface area contributed by atoms with E-state index in [0.29, 0.717) is 18.9 Å². The van der Waals surface area contributed by atoms with E-state index in [2.05, 4.69) is 28.4 Å². The zero-order chi connectivity index (χ0) is 19.9. The van der Waals surface area contributed by atoms with Gasteiger partial charge in [-0.15, -0.1) is 0 Å². The molecule has 1 saturated carbocycles. The van der Waals surface area contributed by atoms with Crippen molar-refractivity contribution in [3.8, 4) is 0 Å². The Morgan fingerprint density at radius 3 is 2.52 bits per heavy atom. The minimum atomic E-state index is 0.243. The Morgan fingerprint density at radius 2 is 2.04 bits per heavy atom. The molecule has 7 nitrogen and oxygen atoms in total. The van der Waals surface area contributed by atoms with Crippen molar-refractivity contribution >= 4 is 12.8 Å². The SMILES string of the molecule is CCCn1ccnc1CCC=O.CN1CCC(N)C1.O=COC1CCCC1. The summed E-state index contributed by atoms with van der Waals surface area (Å²) in [6.45, 7) is 5.94. The van der Waals surface area contributed by atoms with E-state index in [1.165, 1.54) is 25.8 Å². The molecular formula is C20H36N4O3. The normalized spacial score (nSPS) is 19.6. The van der Waals surface area contributed by atoms with Crippen LogP contribution in [0.4, 0.5) is 0 Å². The smallest absolute Gasteiger partial charge is 0.293 e. The number of aldehydes is 1. The zero-order valence-electron chi connectivity index (χ0n) is 16.9. The van der Waals surface area contributed by atoms with Crippen LogP contribution in [0.3, 0.4) is 0 Å². The molecule has 1 aromatic heterocycles. The molecule has 1 unspecified atom stereocenters. The summed E-state index contributed by atoms with van der Waals surface area (Å²) in [7, 11) is 2.10. The van der Waals surface area contributed by atoms with E-state index in [9.17, 15) is 9.59 Å². The van der Waals surface area contributed by atoms with Crippen molar-refractivity contribution in [2.45, 2.75) is 77.0 Å². The number of carbonyl (C=O) groups excluding carboxylic acids is 2. The van der Waals surface area contributed by atoms with Crippen LogP contribution in [-0.2, 0) is 27.3 Å². The maximum absolute atomic E-state index is 10.1. The Balaban J connectivity index is 0.000000212. The number of hydrogen-bond donors (Lipinski definition) is 1. The standard InChI is InChI=1S/C9H14N2O.C6H10O2.C5H12N2/c1-2-6-11-7-5-10-9(11)4-3-8-12;7-5-8-6-3-1-2-4-6;1-7-3-2-5(6)4-7/h5,7-8H,2-4,6H2,1H3;5-6H,1-4H2;5H,2-4,6H2,1H3. The van der Waals surface area contributed by atoms with Gasteiger partial charge in [-0.3, -0.25) is 4.79 Å². The van der Waals surface area contributed by atoms with Crippen molar-refractivity contribution in [1.29, 1.82) is 0 Å². The van der Waals surface area contributed by atoms with E-state index < -0.39 is 0 Å². The minimum Gasteiger partial charge on any atom is -0.465 e. The number of aryl methyl sites for hydroxylation is 2. The molecule has 1 saturated heterocycles. The van der Waals surface area contributed by atoms with E-state index in [4.69, 9.17) is 10.5 Å². The molecule has 2 fully saturated rings. The Hall–Kier alpha value is -1.73. The van der Waals surface area contributed by atoms with Gasteiger partial charge < -0.3 is 24.7 Å². The fourth-order valence-corrected chi connectivity index (χ4v) is 3.27. The maximum Gasteiger partial charge on any atom is 0.293 e. The first-order chi connectivity index (χ1) is 13.1. The zero-order valence-corrected chi connectivity index (χ0v) is 16.9. The van der Waals surface area contributed by atoms with Gasteiger partial charge in [-0.05, 0) is 52.1 Å². The van der Waals surface area contributed by atoms with Crippen molar-refractivity contribution in [3.05, 3.63) is 18.2 Å². The molecule has 1 aliphatic carbocycles. The summed E-state index contributed by atoms with van der Waals surface area (Å²) in [6, 6.07) is 0.449. The highest BCUT2D eigenvalue weighted by atomic mass is 16.5. The summed E-state index contributed by atoms with van der Waals surface area (Å²) in [5.74, 6) is 1.02. The lowest BCUT2D eigenvalue weighted by atomic mass is 10.3. The van der Waals surface area contributed by atoms with Crippen molar-refractivity contribution < 1.29 is 14.3 Å². The summed E-state index contributed by atoms with van der Waals surface area (Å²) in [4.78, 5) is 26.3. The third-order valence-corrected chi connectivity index (χ3v) is 4.73. The van der Waals surface area contributed by atoms with Gasteiger partial charge in [0.1, 0.15) is 18.2 Å². The second-order valence-corrected chi connectivity index (χ2v) is 7.19. The Bertz CT molecular complexity index is 507. The number of imidazole rings is 1. The van der Waals surface area contributed by atoms with Crippen LogP contribution in [0.25, 0.3) is 0 Å². The number of carbonyl (C=O) groups is 2. The summed E-state index contributed by atoms with van der Waals surface area (Å²) in [5, 5.41) is 0. The molecule has 154 valence electrons. The van der Waals surface area contributed by atoms with Crippen LogP contribution in [-0.4, -0.2) is 59.5 Å². The van der Waals surface area contributed by atoms with E-state index in [1.807, 2.05) is 6.20 Å². The lowest BCUT2D eigenvalue weighted by Crippen LogP contribution is -2.23. The number of rotatable bonds is 7. The summed E-state index contributed by atoms with van der Waals surface area (Å²) < 4.78 is 6.82. The third kappa shape index (κ3) is 10.2. The van der Waals surface area contributed by atoms with Gasteiger partial charge in [-0.1, -0.05) is 6.92 Å². The molecule has 1 atom stereocenters. The van der Waals surface area contributed by atoms with Crippen LogP contribution in [0.1, 0.15) is 57.7 Å². The number of likely N-dealkylation sites (N-methyl/N-ethyl adjacent to an activating group) is 1. The van der Waals surface area contributed by atoms with Crippen LogP contribution >= 0.6 is 0 Å². The van der Waals surface area contributed by atoms with Gasteiger partial charge >= 0.3 is 0 Å². The van der Waals surface area contributed by atoms with Gasteiger partial charge in [-0.25, -0.2) is 4.98 Å². The second-order valence-electron chi connectivity index (χ2n) is 7.19. The molecule has 1 aliphatic heterocycles. The predicted octanol–water partition coefficient (Wildman–Crippen LogP) is 2.18.